The molecule has 3 aromatic carbocycles. The first kappa shape index (κ1) is 20.9. The predicted octanol–water partition coefficient (Wildman–Crippen LogP) is 5.73. The first-order valence-corrected chi connectivity index (χ1v) is 10.7. The highest BCUT2D eigenvalue weighted by molar-refractivity contribution is 6.31. The van der Waals surface area contributed by atoms with Crippen molar-refractivity contribution in [2.75, 3.05) is 23.3 Å². The van der Waals surface area contributed by atoms with E-state index in [-0.39, 0.29) is 11.9 Å². The normalized spacial score (nSPS) is 13.9. The molecule has 3 amide bonds. The molecule has 0 saturated carbocycles. The summed E-state index contributed by atoms with van der Waals surface area (Å²) in [7, 11) is 0. The van der Waals surface area contributed by atoms with Crippen LogP contribution in [0.4, 0.5) is 16.2 Å². The Morgan fingerprint density at radius 1 is 1.00 bits per heavy atom. The number of nitrogens with one attached hydrogen (secondary N) is 1. The number of halogens is 1. The van der Waals surface area contributed by atoms with Gasteiger partial charge in [0.1, 0.15) is 0 Å². The van der Waals surface area contributed by atoms with Crippen LogP contribution in [0.2, 0.25) is 5.02 Å². The van der Waals surface area contributed by atoms with Gasteiger partial charge in [-0.1, -0.05) is 54.1 Å². The van der Waals surface area contributed by atoms with Crippen LogP contribution >= 0.6 is 11.6 Å². The van der Waals surface area contributed by atoms with Gasteiger partial charge in [-0.25, -0.2) is 4.79 Å². The molecule has 1 fully saturated rings. The van der Waals surface area contributed by atoms with Crippen LogP contribution in [0.15, 0.2) is 72.8 Å². The lowest BCUT2D eigenvalue weighted by atomic mass is 10.1. The summed E-state index contributed by atoms with van der Waals surface area (Å²) in [4.78, 5) is 29.4. The van der Waals surface area contributed by atoms with E-state index in [1.807, 2.05) is 78.6 Å². The number of aryl methyl sites for hydroxylation is 1. The van der Waals surface area contributed by atoms with Gasteiger partial charge < -0.3 is 10.2 Å². The van der Waals surface area contributed by atoms with Gasteiger partial charge >= 0.3 is 6.03 Å². The average Bonchev–Trinajstić information content (AvgIpc) is 2.77. The van der Waals surface area contributed by atoms with E-state index in [9.17, 15) is 9.59 Å². The third-order valence-corrected chi connectivity index (χ3v) is 5.80. The zero-order valence-corrected chi connectivity index (χ0v) is 18.1. The van der Waals surface area contributed by atoms with Gasteiger partial charge in [0.2, 0.25) is 0 Å². The minimum Gasteiger partial charge on any atom is -0.322 e. The van der Waals surface area contributed by atoms with Crippen molar-refractivity contribution in [2.45, 2.75) is 19.9 Å². The van der Waals surface area contributed by atoms with Crippen molar-refractivity contribution in [1.29, 1.82) is 0 Å². The summed E-state index contributed by atoms with van der Waals surface area (Å²) in [6.45, 7) is 3.70. The van der Waals surface area contributed by atoms with Crippen LogP contribution in [0.1, 0.15) is 27.9 Å². The predicted molar refractivity (Wildman–Crippen MR) is 125 cm³/mol. The maximum Gasteiger partial charge on any atom is 0.324 e. The Hall–Kier alpha value is -3.31. The summed E-state index contributed by atoms with van der Waals surface area (Å²) in [6, 6.07) is 22.4. The van der Waals surface area contributed by atoms with Gasteiger partial charge in [-0.2, -0.15) is 0 Å². The smallest absolute Gasteiger partial charge is 0.322 e. The van der Waals surface area contributed by atoms with Crippen molar-refractivity contribution in [3.8, 4) is 0 Å². The largest absolute Gasteiger partial charge is 0.324 e. The number of hydrogen-bond donors (Lipinski definition) is 1. The summed E-state index contributed by atoms with van der Waals surface area (Å²) in [5, 5.41) is 3.60. The highest BCUT2D eigenvalue weighted by Gasteiger charge is 2.27. The molecule has 0 aromatic heterocycles. The molecule has 3 aromatic rings. The molecule has 6 heteroatoms. The van der Waals surface area contributed by atoms with Crippen LogP contribution in [0.5, 0.6) is 0 Å². The second-order valence-corrected chi connectivity index (χ2v) is 8.03. The fourth-order valence-corrected chi connectivity index (χ4v) is 3.97. The molecule has 0 aliphatic carbocycles. The zero-order chi connectivity index (χ0) is 21.8. The number of amides is 3. The van der Waals surface area contributed by atoms with Crippen LogP contribution in [0.3, 0.4) is 0 Å². The topological polar surface area (TPSA) is 52.7 Å². The summed E-state index contributed by atoms with van der Waals surface area (Å²) in [5.74, 6) is -0.166. The summed E-state index contributed by atoms with van der Waals surface area (Å²) in [6.07, 6.45) is 0.857. The van der Waals surface area contributed by atoms with E-state index < -0.39 is 0 Å². The summed E-state index contributed by atoms with van der Waals surface area (Å²) >= 11 is 6.28. The van der Waals surface area contributed by atoms with E-state index in [4.69, 9.17) is 11.6 Å². The number of benzene rings is 3. The molecule has 31 heavy (non-hydrogen) atoms. The van der Waals surface area contributed by atoms with Gasteiger partial charge in [-0.15, -0.1) is 0 Å². The lowest BCUT2D eigenvalue weighted by molar-refractivity contribution is 0.102. The van der Waals surface area contributed by atoms with Gasteiger partial charge in [0.15, 0.2) is 0 Å². The van der Waals surface area contributed by atoms with Gasteiger partial charge in [-0.3, -0.25) is 9.69 Å². The highest BCUT2D eigenvalue weighted by Crippen LogP contribution is 2.26. The van der Waals surface area contributed by atoms with Gasteiger partial charge in [0, 0.05) is 41.6 Å². The summed E-state index contributed by atoms with van der Waals surface area (Å²) < 4.78 is 0. The number of carbonyl (C=O) groups is 2. The monoisotopic (exact) mass is 433 g/mol. The third-order valence-electron chi connectivity index (χ3n) is 5.44. The zero-order valence-electron chi connectivity index (χ0n) is 17.3. The van der Waals surface area contributed by atoms with Crippen molar-refractivity contribution in [2.24, 2.45) is 0 Å². The highest BCUT2D eigenvalue weighted by atomic mass is 35.5. The maximum absolute atomic E-state index is 13.2. The number of nitrogens with zero attached hydrogens (tertiary/aromatic N) is 2. The minimum atomic E-state index is -0.166. The lowest BCUT2D eigenvalue weighted by Gasteiger charge is -2.36. The van der Waals surface area contributed by atoms with E-state index >= 15 is 0 Å². The number of hydrogen-bond acceptors (Lipinski definition) is 2. The van der Waals surface area contributed by atoms with Crippen LogP contribution in [-0.4, -0.2) is 29.9 Å². The SMILES string of the molecule is Cc1ccccc1C(=O)Nc1cccc(N2CCCN(Cc3ccccc3Cl)C2=O)c1. The second kappa shape index (κ2) is 9.23. The Bertz CT molecular complexity index is 1120. The molecule has 0 unspecified atom stereocenters. The molecule has 1 heterocycles. The van der Waals surface area contributed by atoms with E-state index in [1.54, 1.807) is 11.0 Å². The molecular weight excluding hydrogens is 410 g/mol. The first-order chi connectivity index (χ1) is 15.0. The molecule has 0 bridgehead atoms. The first-order valence-electron chi connectivity index (χ1n) is 10.3. The minimum absolute atomic E-state index is 0.0615. The van der Waals surface area contributed by atoms with Crippen LogP contribution in [0, 0.1) is 6.92 Å². The standard InChI is InChI=1S/C25H24ClN3O2/c1-18-8-2-4-12-22(18)24(30)27-20-10-6-11-21(16-20)29-15-7-14-28(25(29)31)17-19-9-3-5-13-23(19)26/h2-6,8-13,16H,7,14-15,17H2,1H3,(H,27,30). The van der Waals surface area contributed by atoms with E-state index in [0.717, 1.165) is 23.2 Å². The van der Waals surface area contributed by atoms with Gasteiger partial charge in [-0.05, 0) is 54.8 Å². The second-order valence-electron chi connectivity index (χ2n) is 7.62. The Labute approximate surface area is 187 Å². The molecule has 1 N–H and O–H groups in total. The van der Waals surface area contributed by atoms with Crippen LogP contribution < -0.4 is 10.2 Å². The maximum atomic E-state index is 13.2. The molecule has 1 aliphatic heterocycles. The van der Waals surface area contributed by atoms with Crippen LogP contribution in [-0.2, 0) is 6.54 Å². The number of carbonyl (C=O) groups excluding carboxylic acids is 2. The molecule has 0 radical (unpaired) electrons. The van der Waals surface area contributed by atoms with Crippen molar-refractivity contribution in [3.63, 3.8) is 0 Å². The van der Waals surface area contributed by atoms with E-state index in [2.05, 4.69) is 5.32 Å². The van der Waals surface area contributed by atoms with Crippen molar-refractivity contribution in [1.82, 2.24) is 4.90 Å². The van der Waals surface area contributed by atoms with Crippen LogP contribution in [0.25, 0.3) is 0 Å². The van der Waals surface area contributed by atoms with Gasteiger partial charge in [0.25, 0.3) is 5.91 Å². The third kappa shape index (κ3) is 4.72. The fourth-order valence-electron chi connectivity index (χ4n) is 3.78. The molecule has 5 nitrogen and oxygen atoms in total. The number of rotatable bonds is 5. The Balaban J connectivity index is 1.50. The number of anilines is 2. The molecule has 1 saturated heterocycles. The molecule has 4 rings (SSSR count). The molecule has 158 valence electrons. The van der Waals surface area contributed by atoms with Crippen molar-refractivity contribution in [3.05, 3.63) is 94.5 Å². The summed E-state index contributed by atoms with van der Waals surface area (Å²) in [5.41, 5.74) is 3.89. The molecular formula is C25H24ClN3O2. The van der Waals surface area contributed by atoms with E-state index in [0.29, 0.717) is 35.9 Å². The Morgan fingerprint density at radius 3 is 2.58 bits per heavy atom. The Kier molecular flexibility index (Phi) is 6.23. The molecule has 1 aliphatic rings. The molecule has 0 spiro atoms. The molecule has 0 atom stereocenters. The van der Waals surface area contributed by atoms with Crippen molar-refractivity contribution >= 4 is 34.9 Å². The fraction of sp³-hybridized carbons (Fsp3) is 0.200. The van der Waals surface area contributed by atoms with E-state index in [1.165, 1.54) is 0 Å². The van der Waals surface area contributed by atoms with Crippen molar-refractivity contribution < 1.29 is 9.59 Å². The van der Waals surface area contributed by atoms with Gasteiger partial charge in [0.05, 0.1) is 0 Å². The lowest BCUT2D eigenvalue weighted by Crippen LogP contribution is -2.49. The number of urea groups is 1. The Morgan fingerprint density at radius 2 is 1.77 bits per heavy atom. The average molecular weight is 434 g/mol. The quantitative estimate of drug-likeness (QED) is 0.558.